The molecule has 1 fully saturated rings. The first-order valence-corrected chi connectivity index (χ1v) is 7.88. The number of hydrogen-bond donors (Lipinski definition) is 1. The molecule has 1 aliphatic rings. The molecule has 1 N–H and O–H groups in total. The van der Waals surface area contributed by atoms with Gasteiger partial charge in [-0.05, 0) is 12.1 Å². The number of carbonyl (C=O) groups is 4. The number of aliphatic carboxylic acids is 1. The van der Waals surface area contributed by atoms with Crippen molar-refractivity contribution in [1.82, 2.24) is 0 Å². The number of thioether (sulfide) groups is 1. The molecule has 23 heavy (non-hydrogen) atoms. The van der Waals surface area contributed by atoms with Crippen molar-refractivity contribution in [3.05, 3.63) is 29.8 Å². The van der Waals surface area contributed by atoms with Crippen LogP contribution in [0, 0.1) is 0 Å². The fourth-order valence-electron chi connectivity index (χ4n) is 2.23. The summed E-state index contributed by atoms with van der Waals surface area (Å²) in [5, 5.41) is 8.00. The van der Waals surface area contributed by atoms with Crippen LogP contribution < -0.4 is 4.90 Å². The maximum Gasteiger partial charge on any atom is 0.339 e. The van der Waals surface area contributed by atoms with E-state index in [4.69, 9.17) is 5.11 Å². The summed E-state index contributed by atoms with van der Waals surface area (Å²) in [6.45, 7) is 0. The molecule has 2 rings (SSSR count). The van der Waals surface area contributed by atoms with Gasteiger partial charge in [-0.1, -0.05) is 12.1 Å². The van der Waals surface area contributed by atoms with Gasteiger partial charge in [0.2, 0.25) is 11.8 Å². The van der Waals surface area contributed by atoms with Crippen LogP contribution in [0.25, 0.3) is 0 Å². The van der Waals surface area contributed by atoms with Crippen molar-refractivity contribution in [2.45, 2.75) is 18.1 Å². The Kier molecular flexibility index (Phi) is 5.38. The van der Waals surface area contributed by atoms with E-state index in [2.05, 4.69) is 4.74 Å². The van der Waals surface area contributed by atoms with E-state index in [-0.39, 0.29) is 29.8 Å². The number of esters is 1. The summed E-state index contributed by atoms with van der Waals surface area (Å²) in [5.41, 5.74) is 0.323. The molecule has 7 nitrogen and oxygen atoms in total. The molecule has 0 radical (unpaired) electrons. The highest BCUT2D eigenvalue weighted by atomic mass is 32.2. The van der Waals surface area contributed by atoms with Crippen LogP contribution in [-0.4, -0.2) is 47.0 Å². The molecule has 1 unspecified atom stereocenters. The summed E-state index contributed by atoms with van der Waals surface area (Å²) < 4.78 is 4.67. The van der Waals surface area contributed by atoms with E-state index in [1.54, 1.807) is 12.1 Å². The monoisotopic (exact) mass is 337 g/mol. The SMILES string of the molecule is COC(=O)c1ccccc1N1C(=O)CC(SCCC(=O)O)C1=O. The Morgan fingerprint density at radius 2 is 2.04 bits per heavy atom. The number of anilines is 1. The summed E-state index contributed by atoms with van der Waals surface area (Å²) in [4.78, 5) is 47.9. The van der Waals surface area contributed by atoms with E-state index >= 15 is 0 Å². The third kappa shape index (κ3) is 3.70. The Labute approximate surface area is 136 Å². The van der Waals surface area contributed by atoms with Gasteiger partial charge in [-0.2, -0.15) is 0 Å². The molecule has 8 heteroatoms. The fourth-order valence-corrected chi connectivity index (χ4v) is 3.31. The highest BCUT2D eigenvalue weighted by Crippen LogP contribution is 2.32. The van der Waals surface area contributed by atoms with Crippen molar-refractivity contribution in [3.8, 4) is 0 Å². The summed E-state index contributed by atoms with van der Waals surface area (Å²) in [6.07, 6.45) is -0.0972. The van der Waals surface area contributed by atoms with Crippen molar-refractivity contribution in [2.75, 3.05) is 17.8 Å². The molecule has 0 aliphatic carbocycles. The molecule has 1 atom stereocenters. The van der Waals surface area contributed by atoms with Crippen molar-refractivity contribution < 1.29 is 29.0 Å². The zero-order chi connectivity index (χ0) is 17.0. The zero-order valence-corrected chi connectivity index (χ0v) is 13.2. The Morgan fingerprint density at radius 3 is 2.70 bits per heavy atom. The van der Waals surface area contributed by atoms with E-state index in [1.807, 2.05) is 0 Å². The summed E-state index contributed by atoms with van der Waals surface area (Å²) in [6, 6.07) is 6.21. The van der Waals surface area contributed by atoms with E-state index in [0.717, 1.165) is 16.7 Å². The largest absolute Gasteiger partial charge is 0.481 e. The lowest BCUT2D eigenvalue weighted by atomic mass is 10.1. The molecular formula is C15H15NO6S. The number of nitrogens with zero attached hydrogens (tertiary/aromatic N) is 1. The van der Waals surface area contributed by atoms with Crippen molar-refractivity contribution in [2.24, 2.45) is 0 Å². The molecule has 1 aliphatic heterocycles. The number of carboxylic acids is 1. The number of imide groups is 1. The van der Waals surface area contributed by atoms with Gasteiger partial charge in [0.05, 0.1) is 30.0 Å². The van der Waals surface area contributed by atoms with Crippen molar-refractivity contribution in [1.29, 1.82) is 0 Å². The molecule has 0 spiro atoms. The predicted molar refractivity (Wildman–Crippen MR) is 83.4 cm³/mol. The first kappa shape index (κ1) is 17.0. The minimum Gasteiger partial charge on any atom is -0.481 e. The average Bonchev–Trinajstić information content (AvgIpc) is 2.80. The highest BCUT2D eigenvalue weighted by molar-refractivity contribution is 8.00. The van der Waals surface area contributed by atoms with Crippen LogP contribution in [0.2, 0.25) is 0 Å². The highest BCUT2D eigenvalue weighted by Gasteiger charge is 2.41. The third-order valence-electron chi connectivity index (χ3n) is 3.29. The summed E-state index contributed by atoms with van der Waals surface area (Å²) in [7, 11) is 1.22. The number of ether oxygens (including phenoxy) is 1. The molecule has 1 heterocycles. The van der Waals surface area contributed by atoms with Gasteiger partial charge < -0.3 is 9.84 Å². The molecule has 2 amide bonds. The molecule has 0 aromatic heterocycles. The number of carboxylic acid groups (broad SMARTS) is 1. The Hall–Kier alpha value is -2.35. The van der Waals surface area contributed by atoms with Crippen LogP contribution in [0.4, 0.5) is 5.69 Å². The number of para-hydroxylation sites is 1. The van der Waals surface area contributed by atoms with Gasteiger partial charge in [0, 0.05) is 12.2 Å². The van der Waals surface area contributed by atoms with Crippen LogP contribution in [0.5, 0.6) is 0 Å². The smallest absolute Gasteiger partial charge is 0.339 e. The lowest BCUT2D eigenvalue weighted by Gasteiger charge is -2.17. The number of amides is 2. The van der Waals surface area contributed by atoms with Gasteiger partial charge in [0.25, 0.3) is 0 Å². The molecular weight excluding hydrogens is 322 g/mol. The van der Waals surface area contributed by atoms with Crippen LogP contribution in [0.1, 0.15) is 23.2 Å². The molecule has 0 saturated carbocycles. The quantitative estimate of drug-likeness (QED) is 0.617. The standard InChI is InChI=1S/C15H15NO6S/c1-22-15(21)9-4-2-3-5-10(9)16-12(17)8-11(14(16)20)23-7-6-13(18)19/h2-5,11H,6-8H2,1H3,(H,18,19). The maximum atomic E-state index is 12.4. The Morgan fingerprint density at radius 1 is 1.35 bits per heavy atom. The van der Waals surface area contributed by atoms with Gasteiger partial charge in [-0.15, -0.1) is 11.8 Å². The number of rotatable bonds is 6. The first-order valence-electron chi connectivity index (χ1n) is 6.83. The zero-order valence-electron chi connectivity index (χ0n) is 12.4. The van der Waals surface area contributed by atoms with Crippen LogP contribution in [0.3, 0.4) is 0 Å². The van der Waals surface area contributed by atoms with Crippen LogP contribution >= 0.6 is 11.8 Å². The van der Waals surface area contributed by atoms with Gasteiger partial charge >= 0.3 is 11.9 Å². The van der Waals surface area contributed by atoms with Gasteiger partial charge in [-0.25, -0.2) is 9.69 Å². The Balaban J connectivity index is 2.21. The second-order valence-corrected chi connectivity index (χ2v) is 6.09. The first-order chi connectivity index (χ1) is 11.0. The van der Waals surface area contributed by atoms with Crippen molar-refractivity contribution in [3.63, 3.8) is 0 Å². The van der Waals surface area contributed by atoms with E-state index in [9.17, 15) is 19.2 Å². The van der Waals surface area contributed by atoms with Crippen LogP contribution in [-0.2, 0) is 19.1 Å². The molecule has 1 saturated heterocycles. The minimum absolute atomic E-state index is 0.0153. The summed E-state index contributed by atoms with van der Waals surface area (Å²) in [5.74, 6) is -2.21. The molecule has 1 aromatic rings. The molecule has 0 bridgehead atoms. The number of benzene rings is 1. The average molecular weight is 337 g/mol. The minimum atomic E-state index is -0.956. The summed E-state index contributed by atoms with van der Waals surface area (Å²) >= 11 is 1.13. The molecule has 1 aromatic carbocycles. The topological polar surface area (TPSA) is 101 Å². The van der Waals surface area contributed by atoms with Gasteiger partial charge in [-0.3, -0.25) is 14.4 Å². The predicted octanol–water partition coefficient (Wildman–Crippen LogP) is 1.31. The van der Waals surface area contributed by atoms with Crippen LogP contribution in [0.15, 0.2) is 24.3 Å². The van der Waals surface area contributed by atoms with Crippen molar-refractivity contribution >= 4 is 41.2 Å². The van der Waals surface area contributed by atoms with E-state index < -0.39 is 29.0 Å². The second-order valence-electron chi connectivity index (χ2n) is 4.78. The maximum absolute atomic E-state index is 12.4. The number of carbonyl (C=O) groups excluding carboxylic acids is 3. The normalized spacial score (nSPS) is 17.4. The lowest BCUT2D eigenvalue weighted by molar-refractivity contribution is -0.136. The fraction of sp³-hybridized carbons (Fsp3) is 0.333. The molecule has 122 valence electrons. The Bertz CT molecular complexity index is 659. The van der Waals surface area contributed by atoms with Gasteiger partial charge in [0.15, 0.2) is 0 Å². The van der Waals surface area contributed by atoms with Gasteiger partial charge in [0.1, 0.15) is 0 Å². The third-order valence-corrected chi connectivity index (χ3v) is 4.50. The number of hydrogen-bond acceptors (Lipinski definition) is 6. The second kappa shape index (κ2) is 7.28. The lowest BCUT2D eigenvalue weighted by Crippen LogP contribution is -2.32. The van der Waals surface area contributed by atoms with E-state index in [0.29, 0.717) is 0 Å². The van der Waals surface area contributed by atoms with E-state index in [1.165, 1.54) is 19.2 Å². The number of methoxy groups -OCH3 is 1.